The standard InChI is InChI=1S/C20H13ClF3NO4S2/c21-12-4-5-15(14(10-12)20(22,23)24)25-18(28)16(31-19(25)30)9-11-2-1-3-13(8-11)29-7-6-17(26)27/h1-5,8-10H,6-7H2,(H,26,27)/b16-9+. The third kappa shape index (κ3) is 5.57. The van der Waals surface area contributed by atoms with Crippen molar-refractivity contribution in [3.63, 3.8) is 0 Å². The average molecular weight is 488 g/mol. The Morgan fingerprint density at radius 1 is 1.26 bits per heavy atom. The zero-order chi connectivity index (χ0) is 22.8. The molecule has 0 radical (unpaired) electrons. The maximum atomic E-state index is 13.5. The largest absolute Gasteiger partial charge is 0.493 e. The van der Waals surface area contributed by atoms with Crippen molar-refractivity contribution in [3.05, 3.63) is 63.5 Å². The number of benzene rings is 2. The number of aliphatic carboxylic acids is 1. The molecular formula is C20H13ClF3NO4S2. The van der Waals surface area contributed by atoms with Crippen molar-refractivity contribution in [1.29, 1.82) is 0 Å². The zero-order valence-electron chi connectivity index (χ0n) is 15.5. The number of amides is 1. The van der Waals surface area contributed by atoms with Gasteiger partial charge in [0.25, 0.3) is 5.91 Å². The summed E-state index contributed by atoms with van der Waals surface area (Å²) in [5.74, 6) is -1.30. The van der Waals surface area contributed by atoms with Gasteiger partial charge in [-0.1, -0.05) is 47.7 Å². The van der Waals surface area contributed by atoms with Crippen LogP contribution in [0, 0.1) is 0 Å². The summed E-state index contributed by atoms with van der Waals surface area (Å²) in [5, 5.41) is 8.56. The van der Waals surface area contributed by atoms with Crippen LogP contribution in [0.25, 0.3) is 6.08 Å². The minimum Gasteiger partial charge on any atom is -0.493 e. The Labute approximate surface area is 189 Å². The molecule has 1 amide bonds. The first-order chi connectivity index (χ1) is 14.6. The summed E-state index contributed by atoms with van der Waals surface area (Å²) in [6, 6.07) is 9.62. The molecule has 0 unspecified atom stereocenters. The number of hydrogen-bond acceptors (Lipinski definition) is 5. The lowest BCUT2D eigenvalue weighted by Crippen LogP contribution is -2.29. The van der Waals surface area contributed by atoms with Gasteiger partial charge in [0.05, 0.1) is 29.2 Å². The Morgan fingerprint density at radius 2 is 2.00 bits per heavy atom. The number of thioether (sulfide) groups is 1. The second-order valence-electron chi connectivity index (χ2n) is 6.24. The molecule has 2 aromatic rings. The summed E-state index contributed by atoms with van der Waals surface area (Å²) >= 11 is 11.7. The lowest BCUT2D eigenvalue weighted by Gasteiger charge is -2.20. The normalized spacial score (nSPS) is 15.6. The number of carbonyl (C=O) groups is 2. The molecule has 0 saturated carbocycles. The van der Waals surface area contributed by atoms with Crippen molar-refractivity contribution in [2.75, 3.05) is 11.5 Å². The van der Waals surface area contributed by atoms with Crippen LogP contribution in [-0.4, -0.2) is 27.9 Å². The van der Waals surface area contributed by atoms with Gasteiger partial charge in [-0.2, -0.15) is 13.2 Å². The molecule has 1 aliphatic rings. The third-order valence-corrected chi connectivity index (χ3v) is 5.58. The molecule has 2 aromatic carbocycles. The summed E-state index contributed by atoms with van der Waals surface area (Å²) in [6.45, 7) is -0.0301. The number of carboxylic acids is 1. The van der Waals surface area contributed by atoms with Crippen LogP contribution >= 0.6 is 35.6 Å². The molecule has 0 aliphatic carbocycles. The minimum atomic E-state index is -4.73. The molecule has 1 saturated heterocycles. The van der Waals surface area contributed by atoms with E-state index in [0.717, 1.165) is 28.8 Å². The van der Waals surface area contributed by atoms with Crippen LogP contribution in [0.1, 0.15) is 17.5 Å². The van der Waals surface area contributed by atoms with E-state index in [1.165, 1.54) is 12.1 Å². The van der Waals surface area contributed by atoms with E-state index in [-0.39, 0.29) is 27.3 Å². The van der Waals surface area contributed by atoms with Crippen molar-refractivity contribution < 1.29 is 32.6 Å². The Morgan fingerprint density at radius 3 is 2.68 bits per heavy atom. The van der Waals surface area contributed by atoms with Gasteiger partial charge in [0.15, 0.2) is 4.32 Å². The molecule has 0 bridgehead atoms. The van der Waals surface area contributed by atoms with E-state index in [2.05, 4.69) is 0 Å². The highest BCUT2D eigenvalue weighted by atomic mass is 35.5. The van der Waals surface area contributed by atoms with E-state index in [9.17, 15) is 22.8 Å². The average Bonchev–Trinajstić information content (AvgIpc) is 2.94. The fourth-order valence-corrected chi connectivity index (χ4v) is 4.16. The van der Waals surface area contributed by atoms with Gasteiger partial charge in [0, 0.05) is 5.02 Å². The number of thiocarbonyl (C=S) groups is 1. The van der Waals surface area contributed by atoms with Crippen molar-refractivity contribution in [1.82, 2.24) is 0 Å². The molecular weight excluding hydrogens is 475 g/mol. The molecule has 5 nitrogen and oxygen atoms in total. The molecule has 31 heavy (non-hydrogen) atoms. The van der Waals surface area contributed by atoms with Gasteiger partial charge in [0.2, 0.25) is 0 Å². The van der Waals surface area contributed by atoms with Gasteiger partial charge < -0.3 is 9.84 Å². The van der Waals surface area contributed by atoms with Crippen LogP contribution in [0.5, 0.6) is 5.75 Å². The summed E-state index contributed by atoms with van der Waals surface area (Å²) in [4.78, 5) is 24.4. The van der Waals surface area contributed by atoms with E-state index in [1.807, 2.05) is 0 Å². The molecule has 0 atom stereocenters. The zero-order valence-corrected chi connectivity index (χ0v) is 17.9. The molecule has 3 rings (SSSR count). The van der Waals surface area contributed by atoms with Crippen LogP contribution < -0.4 is 9.64 Å². The Kier molecular flexibility index (Phi) is 6.93. The SMILES string of the molecule is O=C(O)CCOc1cccc(/C=C2/SC(=S)N(c3ccc(Cl)cc3C(F)(F)F)C2=O)c1. The highest BCUT2D eigenvalue weighted by Gasteiger charge is 2.41. The fraction of sp³-hybridized carbons (Fsp3) is 0.150. The molecule has 1 aliphatic heterocycles. The van der Waals surface area contributed by atoms with E-state index in [4.69, 9.17) is 33.7 Å². The van der Waals surface area contributed by atoms with E-state index in [0.29, 0.717) is 11.3 Å². The topological polar surface area (TPSA) is 66.8 Å². The van der Waals surface area contributed by atoms with Crippen LogP contribution in [-0.2, 0) is 15.8 Å². The third-order valence-electron chi connectivity index (χ3n) is 4.04. The smallest absolute Gasteiger partial charge is 0.418 e. The van der Waals surface area contributed by atoms with Gasteiger partial charge in [0.1, 0.15) is 5.75 Å². The number of carboxylic acid groups (broad SMARTS) is 1. The lowest BCUT2D eigenvalue weighted by molar-refractivity contribution is -0.138. The number of hydrogen-bond donors (Lipinski definition) is 1. The first-order valence-electron chi connectivity index (χ1n) is 8.65. The highest BCUT2D eigenvalue weighted by molar-refractivity contribution is 8.27. The quantitative estimate of drug-likeness (QED) is 0.421. The lowest BCUT2D eigenvalue weighted by atomic mass is 10.1. The predicted octanol–water partition coefficient (Wildman–Crippen LogP) is 5.62. The van der Waals surface area contributed by atoms with Gasteiger partial charge in [-0.15, -0.1) is 0 Å². The van der Waals surface area contributed by atoms with Crippen molar-refractivity contribution in [2.45, 2.75) is 12.6 Å². The monoisotopic (exact) mass is 487 g/mol. The predicted molar refractivity (Wildman–Crippen MR) is 116 cm³/mol. The summed E-state index contributed by atoms with van der Waals surface area (Å²) in [5.41, 5.74) is -0.916. The van der Waals surface area contributed by atoms with Crippen molar-refractivity contribution in [2.24, 2.45) is 0 Å². The Bertz CT molecular complexity index is 1090. The van der Waals surface area contributed by atoms with Crippen LogP contribution in [0.4, 0.5) is 18.9 Å². The van der Waals surface area contributed by atoms with Gasteiger partial charge in [-0.3, -0.25) is 14.5 Å². The highest BCUT2D eigenvalue weighted by Crippen LogP contribution is 2.43. The Hall–Kier alpha value is -2.56. The molecule has 1 N–H and O–H groups in total. The molecule has 11 heteroatoms. The fourth-order valence-electron chi connectivity index (χ4n) is 2.71. The molecule has 0 aromatic heterocycles. The number of rotatable bonds is 6. The molecule has 1 fully saturated rings. The van der Waals surface area contributed by atoms with Crippen molar-refractivity contribution >= 4 is 63.5 Å². The number of nitrogens with zero attached hydrogens (tertiary/aromatic N) is 1. The van der Waals surface area contributed by atoms with E-state index < -0.39 is 29.3 Å². The van der Waals surface area contributed by atoms with Crippen LogP contribution in [0.15, 0.2) is 47.4 Å². The van der Waals surface area contributed by atoms with Crippen molar-refractivity contribution in [3.8, 4) is 5.75 Å². The number of carbonyl (C=O) groups excluding carboxylic acids is 1. The van der Waals surface area contributed by atoms with E-state index >= 15 is 0 Å². The maximum absolute atomic E-state index is 13.5. The maximum Gasteiger partial charge on any atom is 0.418 e. The number of anilines is 1. The second-order valence-corrected chi connectivity index (χ2v) is 8.35. The van der Waals surface area contributed by atoms with Gasteiger partial charge >= 0.3 is 12.1 Å². The number of alkyl halides is 3. The van der Waals surface area contributed by atoms with Gasteiger partial charge in [-0.25, -0.2) is 0 Å². The molecule has 0 spiro atoms. The Balaban J connectivity index is 1.88. The molecule has 1 heterocycles. The summed E-state index contributed by atoms with van der Waals surface area (Å²) in [7, 11) is 0. The van der Waals surface area contributed by atoms with Crippen LogP contribution in [0.3, 0.4) is 0 Å². The second kappa shape index (κ2) is 9.29. The minimum absolute atomic E-state index is 0.0301. The van der Waals surface area contributed by atoms with Crippen LogP contribution in [0.2, 0.25) is 5.02 Å². The molecule has 162 valence electrons. The number of ether oxygens (including phenoxy) is 1. The first-order valence-corrected chi connectivity index (χ1v) is 10.3. The first kappa shape index (κ1) is 23.1. The van der Waals surface area contributed by atoms with Gasteiger partial charge in [-0.05, 0) is 42.0 Å². The number of halogens is 4. The summed E-state index contributed by atoms with van der Waals surface area (Å²) in [6.07, 6.45) is -3.42. The van der Waals surface area contributed by atoms with E-state index in [1.54, 1.807) is 24.3 Å². The summed E-state index contributed by atoms with van der Waals surface area (Å²) < 4.78 is 45.7.